The predicted octanol–water partition coefficient (Wildman–Crippen LogP) is 1.17. The Labute approximate surface area is 103 Å². The van der Waals surface area contributed by atoms with E-state index in [4.69, 9.17) is 4.74 Å². The first-order valence-electron chi connectivity index (χ1n) is 6.60. The number of carbonyl (C=O) groups excluding carboxylic acids is 1. The molecule has 1 amide bonds. The van der Waals surface area contributed by atoms with Crippen LogP contribution in [0.5, 0.6) is 0 Å². The number of aliphatic hydroxyl groups is 1. The Morgan fingerprint density at radius 1 is 1.41 bits per heavy atom. The lowest BCUT2D eigenvalue weighted by molar-refractivity contribution is -0.138. The van der Waals surface area contributed by atoms with Gasteiger partial charge < -0.3 is 14.7 Å². The van der Waals surface area contributed by atoms with Crippen molar-refractivity contribution in [3.63, 3.8) is 0 Å². The van der Waals surface area contributed by atoms with Gasteiger partial charge in [0.2, 0.25) is 5.91 Å². The van der Waals surface area contributed by atoms with E-state index in [1.165, 1.54) is 0 Å². The highest BCUT2D eigenvalue weighted by atomic mass is 16.5. The summed E-state index contributed by atoms with van der Waals surface area (Å²) in [6, 6.07) is 0.567. The Balaban J connectivity index is 1.92. The summed E-state index contributed by atoms with van der Waals surface area (Å²) in [7, 11) is 1.67. The standard InChI is InChI=1S/C13H23NO3/c1-9(8-17-2)5-13(16)14-10-3-4-11(14)7-12(15)6-10/h9-12,15H,3-8H2,1-2H3. The molecule has 2 bridgehead atoms. The summed E-state index contributed by atoms with van der Waals surface area (Å²) in [5.41, 5.74) is 0. The number of nitrogens with zero attached hydrogens (tertiary/aromatic N) is 1. The lowest BCUT2D eigenvalue weighted by Crippen LogP contribution is -2.48. The minimum atomic E-state index is -0.201. The van der Waals surface area contributed by atoms with E-state index < -0.39 is 0 Å². The number of fused-ring (bicyclic) bond motifs is 2. The molecular formula is C13H23NO3. The SMILES string of the molecule is COCC(C)CC(=O)N1C2CCC1CC(O)C2. The molecule has 98 valence electrons. The first-order valence-corrected chi connectivity index (χ1v) is 6.60. The van der Waals surface area contributed by atoms with Gasteiger partial charge in [0.25, 0.3) is 0 Å². The summed E-state index contributed by atoms with van der Waals surface area (Å²) < 4.78 is 5.07. The zero-order valence-corrected chi connectivity index (χ0v) is 10.8. The molecule has 2 fully saturated rings. The van der Waals surface area contributed by atoms with Crippen LogP contribution in [-0.2, 0) is 9.53 Å². The molecule has 0 spiro atoms. The van der Waals surface area contributed by atoms with Crippen LogP contribution >= 0.6 is 0 Å². The molecule has 0 aliphatic carbocycles. The Morgan fingerprint density at radius 2 is 2.00 bits per heavy atom. The molecule has 4 heteroatoms. The van der Waals surface area contributed by atoms with Gasteiger partial charge in [-0.15, -0.1) is 0 Å². The fourth-order valence-electron chi connectivity index (χ4n) is 3.30. The number of aliphatic hydroxyl groups excluding tert-OH is 1. The number of rotatable bonds is 4. The molecule has 1 N–H and O–H groups in total. The molecule has 17 heavy (non-hydrogen) atoms. The zero-order valence-electron chi connectivity index (χ0n) is 10.8. The van der Waals surface area contributed by atoms with Crippen LogP contribution in [0.3, 0.4) is 0 Å². The van der Waals surface area contributed by atoms with Crippen LogP contribution < -0.4 is 0 Å². The molecule has 0 aromatic rings. The van der Waals surface area contributed by atoms with Gasteiger partial charge in [-0.05, 0) is 31.6 Å². The molecule has 2 saturated heterocycles. The minimum Gasteiger partial charge on any atom is -0.393 e. The van der Waals surface area contributed by atoms with Gasteiger partial charge in [0.05, 0.1) is 6.10 Å². The van der Waals surface area contributed by atoms with Crippen LogP contribution in [0.25, 0.3) is 0 Å². The Hall–Kier alpha value is -0.610. The summed E-state index contributed by atoms with van der Waals surface area (Å²) in [5.74, 6) is 0.521. The Kier molecular flexibility index (Phi) is 4.05. The quantitative estimate of drug-likeness (QED) is 0.804. The number of hydrogen-bond donors (Lipinski definition) is 1. The molecule has 3 unspecified atom stereocenters. The monoisotopic (exact) mass is 241 g/mol. The third-order valence-electron chi connectivity index (χ3n) is 3.97. The molecule has 2 aliphatic heterocycles. The lowest BCUT2D eigenvalue weighted by atomic mass is 9.98. The van der Waals surface area contributed by atoms with Crippen LogP contribution in [0.4, 0.5) is 0 Å². The number of piperidine rings is 1. The van der Waals surface area contributed by atoms with E-state index >= 15 is 0 Å². The van der Waals surface area contributed by atoms with Gasteiger partial charge in [0.15, 0.2) is 0 Å². The van der Waals surface area contributed by atoms with E-state index in [1.807, 2.05) is 11.8 Å². The molecule has 0 saturated carbocycles. The number of amides is 1. The smallest absolute Gasteiger partial charge is 0.223 e. The van der Waals surface area contributed by atoms with Gasteiger partial charge in [-0.25, -0.2) is 0 Å². The minimum absolute atomic E-state index is 0.201. The van der Waals surface area contributed by atoms with Crippen molar-refractivity contribution in [2.24, 2.45) is 5.92 Å². The van der Waals surface area contributed by atoms with Gasteiger partial charge in [0, 0.05) is 32.2 Å². The van der Waals surface area contributed by atoms with Crippen LogP contribution in [0.15, 0.2) is 0 Å². The van der Waals surface area contributed by atoms with Crippen LogP contribution in [0.1, 0.15) is 39.0 Å². The number of hydrogen-bond acceptors (Lipinski definition) is 3. The van der Waals surface area contributed by atoms with E-state index in [-0.39, 0.29) is 30.0 Å². The average molecular weight is 241 g/mol. The maximum absolute atomic E-state index is 12.2. The maximum atomic E-state index is 12.2. The molecule has 0 radical (unpaired) electrons. The van der Waals surface area contributed by atoms with Crippen molar-refractivity contribution in [3.8, 4) is 0 Å². The number of ether oxygens (including phenoxy) is 1. The van der Waals surface area contributed by atoms with Gasteiger partial charge in [0.1, 0.15) is 0 Å². The van der Waals surface area contributed by atoms with Crippen molar-refractivity contribution in [1.82, 2.24) is 4.90 Å². The number of carbonyl (C=O) groups is 1. The zero-order chi connectivity index (χ0) is 12.4. The largest absolute Gasteiger partial charge is 0.393 e. The van der Waals surface area contributed by atoms with Crippen molar-refractivity contribution in [2.45, 2.75) is 57.2 Å². The summed E-state index contributed by atoms with van der Waals surface area (Å²) in [5, 5.41) is 9.70. The molecular weight excluding hydrogens is 218 g/mol. The van der Waals surface area contributed by atoms with Gasteiger partial charge >= 0.3 is 0 Å². The van der Waals surface area contributed by atoms with E-state index in [9.17, 15) is 9.90 Å². The molecule has 2 rings (SSSR count). The van der Waals surface area contributed by atoms with E-state index in [2.05, 4.69) is 0 Å². The van der Waals surface area contributed by atoms with Crippen LogP contribution in [0.2, 0.25) is 0 Å². The normalized spacial score (nSPS) is 33.8. The first kappa shape index (κ1) is 12.8. The van der Waals surface area contributed by atoms with Gasteiger partial charge in [-0.1, -0.05) is 6.92 Å². The third-order valence-corrected chi connectivity index (χ3v) is 3.97. The second-order valence-corrected chi connectivity index (χ2v) is 5.58. The van der Waals surface area contributed by atoms with E-state index in [0.29, 0.717) is 13.0 Å². The highest BCUT2D eigenvalue weighted by Crippen LogP contribution is 2.36. The molecule has 2 heterocycles. The summed E-state index contributed by atoms with van der Waals surface area (Å²) in [4.78, 5) is 14.3. The van der Waals surface area contributed by atoms with Crippen molar-refractivity contribution in [3.05, 3.63) is 0 Å². The number of methoxy groups -OCH3 is 1. The molecule has 2 aliphatic rings. The predicted molar refractivity (Wildman–Crippen MR) is 64.6 cm³/mol. The molecule has 0 aromatic heterocycles. The second kappa shape index (κ2) is 5.36. The topological polar surface area (TPSA) is 49.8 Å². The van der Waals surface area contributed by atoms with Crippen molar-refractivity contribution < 1.29 is 14.6 Å². The fourth-order valence-corrected chi connectivity index (χ4v) is 3.30. The Bertz CT molecular complexity index is 268. The molecule has 3 atom stereocenters. The summed E-state index contributed by atoms with van der Waals surface area (Å²) >= 11 is 0. The average Bonchev–Trinajstić information content (AvgIpc) is 2.51. The van der Waals surface area contributed by atoms with E-state index in [1.54, 1.807) is 7.11 Å². The summed E-state index contributed by atoms with van der Waals surface area (Å²) in [6.45, 7) is 2.68. The van der Waals surface area contributed by atoms with Crippen LogP contribution in [0, 0.1) is 5.92 Å². The second-order valence-electron chi connectivity index (χ2n) is 5.58. The highest BCUT2D eigenvalue weighted by Gasteiger charge is 2.42. The molecule has 4 nitrogen and oxygen atoms in total. The lowest BCUT2D eigenvalue weighted by Gasteiger charge is -2.37. The third kappa shape index (κ3) is 2.80. The van der Waals surface area contributed by atoms with Gasteiger partial charge in [-0.2, -0.15) is 0 Å². The van der Waals surface area contributed by atoms with Gasteiger partial charge in [-0.3, -0.25) is 4.79 Å². The molecule has 0 aromatic carbocycles. The Morgan fingerprint density at radius 3 is 2.53 bits per heavy atom. The van der Waals surface area contributed by atoms with E-state index in [0.717, 1.165) is 25.7 Å². The summed E-state index contributed by atoms with van der Waals surface area (Å²) in [6.07, 6.45) is 4.02. The van der Waals surface area contributed by atoms with Crippen molar-refractivity contribution in [1.29, 1.82) is 0 Å². The maximum Gasteiger partial charge on any atom is 0.223 e. The van der Waals surface area contributed by atoms with Crippen molar-refractivity contribution >= 4 is 5.91 Å². The highest BCUT2D eigenvalue weighted by molar-refractivity contribution is 5.77. The van der Waals surface area contributed by atoms with Crippen molar-refractivity contribution in [2.75, 3.05) is 13.7 Å². The van der Waals surface area contributed by atoms with Crippen LogP contribution in [-0.4, -0.2) is 47.8 Å². The fraction of sp³-hybridized carbons (Fsp3) is 0.923. The first-order chi connectivity index (χ1) is 8.11.